The number of rotatable bonds is 2. The number of hydrogen-bond acceptors (Lipinski definition) is 5. The van der Waals surface area contributed by atoms with Crippen molar-refractivity contribution in [3.8, 4) is 0 Å². The van der Waals surface area contributed by atoms with Crippen molar-refractivity contribution < 1.29 is 9.53 Å². The average Bonchev–Trinajstić information content (AvgIpc) is 2.83. The molecule has 114 valence electrons. The first-order chi connectivity index (χ1) is 9.83. The number of halogens is 1. The average molecular weight is 311 g/mol. The van der Waals surface area contributed by atoms with Crippen molar-refractivity contribution in [2.24, 2.45) is 11.8 Å². The Morgan fingerprint density at radius 1 is 1.33 bits per heavy atom. The van der Waals surface area contributed by atoms with E-state index in [0.717, 1.165) is 18.9 Å². The molecule has 1 aromatic rings. The second kappa shape index (κ2) is 5.02. The first kappa shape index (κ1) is 14.4. The number of nitrogens with one attached hydrogen (secondary N) is 1. The van der Waals surface area contributed by atoms with Crippen LogP contribution in [0.2, 0.25) is 5.15 Å². The second-order valence-corrected chi connectivity index (χ2v) is 7.01. The van der Waals surface area contributed by atoms with Crippen LogP contribution in [-0.2, 0) is 4.74 Å². The van der Waals surface area contributed by atoms with Crippen LogP contribution in [0.15, 0.2) is 12.1 Å². The summed E-state index contributed by atoms with van der Waals surface area (Å²) in [6.07, 6.45) is -0.222. The molecule has 1 saturated heterocycles. The Kier molecular flexibility index (Phi) is 3.43. The molecule has 7 heteroatoms. The number of carbonyl (C=O) groups is 1. The van der Waals surface area contributed by atoms with Gasteiger partial charge in [0.2, 0.25) is 0 Å². The van der Waals surface area contributed by atoms with Crippen LogP contribution in [0, 0.1) is 11.8 Å². The highest BCUT2D eigenvalue weighted by Gasteiger charge is 2.57. The number of fused-ring (bicyclic) bond motifs is 1. The maximum atomic E-state index is 12.0. The zero-order valence-corrected chi connectivity index (χ0v) is 13.1. The van der Waals surface area contributed by atoms with Crippen molar-refractivity contribution >= 4 is 23.5 Å². The predicted molar refractivity (Wildman–Crippen MR) is 79.2 cm³/mol. The number of anilines is 1. The van der Waals surface area contributed by atoms with Crippen molar-refractivity contribution in [1.29, 1.82) is 0 Å². The van der Waals surface area contributed by atoms with Gasteiger partial charge in [-0.05, 0) is 32.9 Å². The zero-order chi connectivity index (χ0) is 15.2. The molecule has 2 aliphatic rings. The number of hydrogen-bond donors (Lipinski definition) is 1. The van der Waals surface area contributed by atoms with Gasteiger partial charge in [-0.25, -0.2) is 4.79 Å². The zero-order valence-electron chi connectivity index (χ0n) is 12.3. The van der Waals surface area contributed by atoms with E-state index in [2.05, 4.69) is 15.5 Å². The standard InChI is InChI=1S/C14H19ClN4O2/c1-14(2,3)21-13(20)19-6-8-9(7-19)12(8)16-11-5-4-10(15)17-18-11/h4-5,8-9,12H,6-7H2,1-3H3,(H,16,18)/t8-,9+,12?. The van der Waals surface area contributed by atoms with Gasteiger partial charge in [-0.3, -0.25) is 0 Å². The van der Waals surface area contributed by atoms with Gasteiger partial charge in [-0.15, -0.1) is 10.2 Å². The lowest BCUT2D eigenvalue weighted by Gasteiger charge is -2.26. The molecule has 1 saturated carbocycles. The van der Waals surface area contributed by atoms with E-state index in [0.29, 0.717) is 23.0 Å². The summed E-state index contributed by atoms with van der Waals surface area (Å²) < 4.78 is 5.39. The molecule has 1 aliphatic heterocycles. The molecule has 21 heavy (non-hydrogen) atoms. The monoisotopic (exact) mass is 310 g/mol. The van der Waals surface area contributed by atoms with Crippen molar-refractivity contribution in [3.05, 3.63) is 17.3 Å². The molecule has 0 radical (unpaired) electrons. The van der Waals surface area contributed by atoms with Crippen LogP contribution >= 0.6 is 11.6 Å². The summed E-state index contributed by atoms with van der Waals surface area (Å²) in [5.74, 6) is 1.66. The number of amides is 1. The minimum Gasteiger partial charge on any atom is -0.444 e. The molecular weight excluding hydrogens is 292 g/mol. The van der Waals surface area contributed by atoms with Crippen molar-refractivity contribution in [2.75, 3.05) is 18.4 Å². The summed E-state index contributed by atoms with van der Waals surface area (Å²) in [4.78, 5) is 13.8. The Morgan fingerprint density at radius 3 is 2.52 bits per heavy atom. The highest BCUT2D eigenvalue weighted by molar-refractivity contribution is 6.29. The largest absolute Gasteiger partial charge is 0.444 e. The van der Waals surface area contributed by atoms with Crippen molar-refractivity contribution in [2.45, 2.75) is 32.4 Å². The van der Waals surface area contributed by atoms with E-state index in [4.69, 9.17) is 16.3 Å². The van der Waals surface area contributed by atoms with Gasteiger partial charge in [0, 0.05) is 31.0 Å². The maximum absolute atomic E-state index is 12.0. The number of aromatic nitrogens is 2. The summed E-state index contributed by atoms with van der Waals surface area (Å²) in [6, 6.07) is 3.89. The normalized spacial score (nSPS) is 27.2. The van der Waals surface area contributed by atoms with Crippen LogP contribution in [0.25, 0.3) is 0 Å². The summed E-state index contributed by atoms with van der Waals surface area (Å²) in [5.41, 5.74) is -0.444. The molecule has 1 N–H and O–H groups in total. The fraction of sp³-hybridized carbons (Fsp3) is 0.643. The molecular formula is C14H19ClN4O2. The SMILES string of the molecule is CC(C)(C)OC(=O)N1C[C@@H]2C(Nc3ccc(Cl)nn3)[C@@H]2C1. The molecule has 2 fully saturated rings. The van der Waals surface area contributed by atoms with E-state index in [1.807, 2.05) is 26.8 Å². The molecule has 1 amide bonds. The first-order valence-corrected chi connectivity index (χ1v) is 7.45. The van der Waals surface area contributed by atoms with E-state index >= 15 is 0 Å². The topological polar surface area (TPSA) is 67.3 Å². The third-order valence-electron chi connectivity index (χ3n) is 3.79. The summed E-state index contributed by atoms with van der Waals surface area (Å²) in [6.45, 7) is 7.11. The molecule has 1 aromatic heterocycles. The molecule has 0 bridgehead atoms. The van der Waals surface area contributed by atoms with Gasteiger partial charge in [0.25, 0.3) is 0 Å². The Balaban J connectivity index is 1.50. The smallest absolute Gasteiger partial charge is 0.410 e. The molecule has 3 atom stereocenters. The van der Waals surface area contributed by atoms with Gasteiger partial charge in [0.1, 0.15) is 11.4 Å². The van der Waals surface area contributed by atoms with Gasteiger partial charge in [-0.2, -0.15) is 0 Å². The lowest BCUT2D eigenvalue weighted by molar-refractivity contribution is 0.0272. The summed E-state index contributed by atoms with van der Waals surface area (Å²) in [7, 11) is 0. The van der Waals surface area contributed by atoms with Gasteiger partial charge >= 0.3 is 6.09 Å². The van der Waals surface area contributed by atoms with Crippen LogP contribution in [0.3, 0.4) is 0 Å². The number of ether oxygens (including phenoxy) is 1. The minimum atomic E-state index is -0.444. The van der Waals surface area contributed by atoms with Gasteiger partial charge in [0.15, 0.2) is 5.15 Å². The van der Waals surface area contributed by atoms with E-state index in [1.165, 1.54) is 0 Å². The first-order valence-electron chi connectivity index (χ1n) is 7.07. The number of nitrogens with zero attached hydrogens (tertiary/aromatic N) is 3. The molecule has 1 aliphatic carbocycles. The summed E-state index contributed by atoms with van der Waals surface area (Å²) >= 11 is 5.71. The van der Waals surface area contributed by atoms with Gasteiger partial charge < -0.3 is 15.0 Å². The molecule has 6 nitrogen and oxygen atoms in total. The number of carbonyl (C=O) groups excluding carboxylic acids is 1. The molecule has 3 rings (SSSR count). The molecule has 1 unspecified atom stereocenters. The Morgan fingerprint density at radius 2 is 2.00 bits per heavy atom. The molecule has 2 heterocycles. The Labute approximate surface area is 128 Å². The fourth-order valence-corrected chi connectivity index (χ4v) is 2.88. The number of piperidine rings is 1. The van der Waals surface area contributed by atoms with Crippen LogP contribution in [0.5, 0.6) is 0 Å². The van der Waals surface area contributed by atoms with E-state index < -0.39 is 5.60 Å². The second-order valence-electron chi connectivity index (χ2n) is 6.62. The molecule has 0 aromatic carbocycles. The fourth-order valence-electron chi connectivity index (χ4n) is 2.78. The van der Waals surface area contributed by atoms with Crippen LogP contribution in [0.4, 0.5) is 10.6 Å². The van der Waals surface area contributed by atoms with Crippen LogP contribution < -0.4 is 5.32 Å². The quantitative estimate of drug-likeness (QED) is 0.908. The summed E-state index contributed by atoms with van der Waals surface area (Å²) in [5, 5.41) is 11.5. The highest BCUT2D eigenvalue weighted by atomic mass is 35.5. The predicted octanol–water partition coefficient (Wildman–Crippen LogP) is 2.41. The molecule has 0 spiro atoms. The third-order valence-corrected chi connectivity index (χ3v) is 3.99. The van der Waals surface area contributed by atoms with E-state index in [-0.39, 0.29) is 6.09 Å². The lowest BCUT2D eigenvalue weighted by Crippen LogP contribution is -2.38. The highest BCUT2D eigenvalue weighted by Crippen LogP contribution is 2.47. The Bertz CT molecular complexity index is 531. The van der Waals surface area contributed by atoms with Gasteiger partial charge in [-0.1, -0.05) is 11.6 Å². The van der Waals surface area contributed by atoms with Crippen molar-refractivity contribution in [3.63, 3.8) is 0 Å². The van der Waals surface area contributed by atoms with E-state index in [9.17, 15) is 4.79 Å². The third kappa shape index (κ3) is 3.20. The van der Waals surface area contributed by atoms with Crippen molar-refractivity contribution in [1.82, 2.24) is 15.1 Å². The van der Waals surface area contributed by atoms with Crippen LogP contribution in [-0.4, -0.2) is 45.9 Å². The van der Waals surface area contributed by atoms with E-state index in [1.54, 1.807) is 11.0 Å². The minimum absolute atomic E-state index is 0.222. The Hall–Kier alpha value is -1.56. The van der Waals surface area contributed by atoms with Crippen LogP contribution in [0.1, 0.15) is 20.8 Å². The lowest BCUT2D eigenvalue weighted by atomic mass is 10.2. The number of likely N-dealkylation sites (tertiary alicyclic amines) is 1. The van der Waals surface area contributed by atoms with Gasteiger partial charge in [0.05, 0.1) is 0 Å². The maximum Gasteiger partial charge on any atom is 0.410 e.